The van der Waals surface area contributed by atoms with Crippen LogP contribution in [0.5, 0.6) is 0 Å². The standard InChI is InChI=1S/C33H22N6O/c1-3-34-18-25-20(2)38(28-12-15-35-19-26(25)28)21-8-10-27-23(16-21)32-29(6-4-13-36-32)39(27)22-9-11-30-24(17-22)33-31(40-30)7-5-14-37-33/h3-19H,1H2,2H3/b34-18-. The van der Waals surface area contributed by atoms with E-state index in [1.54, 1.807) is 12.4 Å². The highest BCUT2D eigenvalue weighted by molar-refractivity contribution is 6.09. The molecule has 190 valence electrons. The van der Waals surface area contributed by atoms with Crippen LogP contribution in [0.1, 0.15) is 11.3 Å². The van der Waals surface area contributed by atoms with Crippen molar-refractivity contribution in [2.75, 3.05) is 0 Å². The molecule has 8 aromatic rings. The summed E-state index contributed by atoms with van der Waals surface area (Å²) in [5.74, 6) is 0. The Morgan fingerprint density at radius 2 is 1.52 bits per heavy atom. The molecule has 0 aliphatic heterocycles. The molecule has 0 unspecified atom stereocenters. The number of furan rings is 1. The van der Waals surface area contributed by atoms with Crippen molar-refractivity contribution < 1.29 is 4.42 Å². The van der Waals surface area contributed by atoms with Crippen molar-refractivity contribution in [3.63, 3.8) is 0 Å². The van der Waals surface area contributed by atoms with Gasteiger partial charge in [-0.15, -0.1) is 0 Å². The first kappa shape index (κ1) is 22.4. The van der Waals surface area contributed by atoms with Gasteiger partial charge >= 0.3 is 0 Å². The van der Waals surface area contributed by atoms with Crippen LogP contribution in [0.4, 0.5) is 0 Å². The quantitative estimate of drug-likeness (QED) is 0.224. The Bertz CT molecular complexity index is 2320. The van der Waals surface area contributed by atoms with E-state index in [0.29, 0.717) is 0 Å². The molecule has 0 saturated carbocycles. The minimum absolute atomic E-state index is 0.783. The minimum Gasteiger partial charge on any atom is -0.454 e. The van der Waals surface area contributed by atoms with Crippen LogP contribution >= 0.6 is 0 Å². The lowest BCUT2D eigenvalue weighted by Crippen LogP contribution is -1.98. The zero-order valence-corrected chi connectivity index (χ0v) is 21.6. The van der Waals surface area contributed by atoms with Gasteiger partial charge in [0, 0.05) is 76.0 Å². The van der Waals surface area contributed by atoms with E-state index in [1.807, 2.05) is 55.1 Å². The second-order valence-electron chi connectivity index (χ2n) is 9.73. The molecular weight excluding hydrogens is 496 g/mol. The lowest BCUT2D eigenvalue weighted by molar-refractivity contribution is 0.668. The van der Waals surface area contributed by atoms with Crippen LogP contribution in [-0.2, 0) is 0 Å². The number of rotatable bonds is 4. The number of pyridine rings is 3. The molecule has 0 aliphatic carbocycles. The van der Waals surface area contributed by atoms with Crippen LogP contribution in [0.15, 0.2) is 114 Å². The Morgan fingerprint density at radius 1 is 0.750 bits per heavy atom. The van der Waals surface area contributed by atoms with Gasteiger partial charge in [0.15, 0.2) is 5.58 Å². The van der Waals surface area contributed by atoms with Gasteiger partial charge in [0.05, 0.1) is 22.1 Å². The van der Waals surface area contributed by atoms with Gasteiger partial charge in [0.1, 0.15) is 11.1 Å². The highest BCUT2D eigenvalue weighted by Gasteiger charge is 2.19. The van der Waals surface area contributed by atoms with Crippen LogP contribution in [0.25, 0.3) is 66.3 Å². The predicted molar refractivity (Wildman–Crippen MR) is 161 cm³/mol. The molecule has 0 fully saturated rings. The van der Waals surface area contributed by atoms with Crippen molar-refractivity contribution in [2.24, 2.45) is 4.99 Å². The fraction of sp³-hybridized carbons (Fsp3) is 0.0303. The van der Waals surface area contributed by atoms with Crippen molar-refractivity contribution >= 4 is 61.1 Å². The first-order valence-corrected chi connectivity index (χ1v) is 13.0. The largest absolute Gasteiger partial charge is 0.454 e. The van der Waals surface area contributed by atoms with E-state index in [-0.39, 0.29) is 0 Å². The number of hydrogen-bond donors (Lipinski definition) is 0. The van der Waals surface area contributed by atoms with Gasteiger partial charge < -0.3 is 13.6 Å². The number of aromatic nitrogens is 5. The maximum atomic E-state index is 6.03. The SMILES string of the molecule is C=C/N=C\c1c(C)n(-c2ccc3c(c2)c2ncccc2n3-c2ccc3oc4cccnc4c3c2)c2ccncc12. The van der Waals surface area contributed by atoms with Gasteiger partial charge in [-0.25, -0.2) is 0 Å². The topological polar surface area (TPSA) is 74.0 Å². The zero-order chi connectivity index (χ0) is 26.8. The third kappa shape index (κ3) is 3.12. The fourth-order valence-electron chi connectivity index (χ4n) is 5.87. The summed E-state index contributed by atoms with van der Waals surface area (Å²) in [7, 11) is 0. The molecule has 7 nitrogen and oxygen atoms in total. The Kier molecular flexibility index (Phi) is 4.75. The molecule has 0 amide bonds. The molecule has 40 heavy (non-hydrogen) atoms. The molecule has 0 saturated heterocycles. The zero-order valence-electron chi connectivity index (χ0n) is 21.6. The number of fused-ring (bicyclic) bond motifs is 7. The Labute approximate surface area is 228 Å². The summed E-state index contributed by atoms with van der Waals surface area (Å²) in [6, 6.07) is 22.8. The van der Waals surface area contributed by atoms with Crippen molar-refractivity contribution in [1.29, 1.82) is 0 Å². The van der Waals surface area contributed by atoms with Crippen molar-refractivity contribution in [2.45, 2.75) is 6.92 Å². The van der Waals surface area contributed by atoms with Crippen LogP contribution < -0.4 is 0 Å². The van der Waals surface area contributed by atoms with E-state index < -0.39 is 0 Å². The van der Waals surface area contributed by atoms with E-state index in [1.165, 1.54) is 0 Å². The monoisotopic (exact) mass is 518 g/mol. The van der Waals surface area contributed by atoms with E-state index in [4.69, 9.17) is 9.40 Å². The average Bonchev–Trinajstić information content (AvgIpc) is 3.62. The third-order valence-corrected chi connectivity index (χ3v) is 7.59. The Balaban J connectivity index is 1.39. The number of nitrogens with zero attached hydrogens (tertiary/aromatic N) is 6. The summed E-state index contributed by atoms with van der Waals surface area (Å²) in [5.41, 5.74) is 10.8. The summed E-state index contributed by atoms with van der Waals surface area (Å²) < 4.78 is 10.5. The molecular formula is C33H22N6O. The highest BCUT2D eigenvalue weighted by atomic mass is 16.3. The first-order chi connectivity index (χ1) is 19.7. The summed E-state index contributed by atoms with van der Waals surface area (Å²) in [6.07, 6.45) is 10.8. The number of aliphatic imine (C=N–C) groups is 1. The van der Waals surface area contributed by atoms with Gasteiger partial charge in [-0.1, -0.05) is 6.58 Å². The minimum atomic E-state index is 0.783. The molecule has 0 N–H and O–H groups in total. The summed E-state index contributed by atoms with van der Waals surface area (Å²) in [6.45, 7) is 5.84. The Morgan fingerprint density at radius 3 is 2.42 bits per heavy atom. The Hall–Kier alpha value is -5.56. The third-order valence-electron chi connectivity index (χ3n) is 7.59. The van der Waals surface area contributed by atoms with Crippen LogP contribution in [0.3, 0.4) is 0 Å². The van der Waals surface area contributed by atoms with E-state index in [0.717, 1.165) is 77.5 Å². The number of benzene rings is 2. The smallest absolute Gasteiger partial charge is 0.153 e. The van der Waals surface area contributed by atoms with Gasteiger partial charge in [-0.05, 0) is 73.7 Å². The van der Waals surface area contributed by atoms with E-state index >= 15 is 0 Å². The lowest BCUT2D eigenvalue weighted by atomic mass is 10.2. The van der Waals surface area contributed by atoms with Crippen molar-refractivity contribution in [1.82, 2.24) is 24.1 Å². The molecule has 6 heterocycles. The van der Waals surface area contributed by atoms with Crippen molar-refractivity contribution in [3.05, 3.63) is 116 Å². The molecule has 6 aromatic heterocycles. The molecule has 7 heteroatoms. The van der Waals surface area contributed by atoms with Crippen LogP contribution in [0.2, 0.25) is 0 Å². The molecule has 8 rings (SSSR count). The maximum Gasteiger partial charge on any atom is 0.153 e. The average molecular weight is 519 g/mol. The van der Waals surface area contributed by atoms with Crippen LogP contribution in [-0.4, -0.2) is 30.3 Å². The van der Waals surface area contributed by atoms with Crippen molar-refractivity contribution in [3.8, 4) is 11.4 Å². The fourth-order valence-corrected chi connectivity index (χ4v) is 5.87. The molecule has 0 spiro atoms. The number of hydrogen-bond acceptors (Lipinski definition) is 5. The van der Waals surface area contributed by atoms with E-state index in [9.17, 15) is 0 Å². The second-order valence-corrected chi connectivity index (χ2v) is 9.73. The highest BCUT2D eigenvalue weighted by Crippen LogP contribution is 2.36. The molecule has 0 aliphatic rings. The molecule has 0 bridgehead atoms. The van der Waals surface area contributed by atoms with Gasteiger partial charge in [-0.3, -0.25) is 19.9 Å². The summed E-state index contributed by atoms with van der Waals surface area (Å²) >= 11 is 0. The van der Waals surface area contributed by atoms with Crippen LogP contribution in [0, 0.1) is 6.92 Å². The second kappa shape index (κ2) is 8.47. The molecule has 0 atom stereocenters. The predicted octanol–water partition coefficient (Wildman–Crippen LogP) is 7.68. The first-order valence-electron chi connectivity index (χ1n) is 13.0. The lowest BCUT2D eigenvalue weighted by Gasteiger charge is -2.11. The summed E-state index contributed by atoms with van der Waals surface area (Å²) in [4.78, 5) is 18.1. The molecule has 0 radical (unpaired) electrons. The normalized spacial score (nSPS) is 12.1. The molecule has 2 aromatic carbocycles. The summed E-state index contributed by atoms with van der Waals surface area (Å²) in [5, 5.41) is 3.10. The van der Waals surface area contributed by atoms with Gasteiger partial charge in [0.2, 0.25) is 0 Å². The van der Waals surface area contributed by atoms with Gasteiger partial charge in [0.25, 0.3) is 0 Å². The van der Waals surface area contributed by atoms with E-state index in [2.05, 4.69) is 74.0 Å². The maximum absolute atomic E-state index is 6.03. The van der Waals surface area contributed by atoms with Gasteiger partial charge in [-0.2, -0.15) is 0 Å².